The van der Waals surface area contributed by atoms with Gasteiger partial charge in [-0.15, -0.1) is 0 Å². The van der Waals surface area contributed by atoms with E-state index in [-0.39, 0.29) is 24.4 Å². The van der Waals surface area contributed by atoms with E-state index in [0.29, 0.717) is 18.8 Å². The van der Waals surface area contributed by atoms with Gasteiger partial charge in [0.15, 0.2) is 11.4 Å². The lowest BCUT2D eigenvalue weighted by Gasteiger charge is -2.29. The van der Waals surface area contributed by atoms with Gasteiger partial charge in [-0.2, -0.15) is 4.98 Å². The number of aliphatic hydroxyl groups is 1. The van der Waals surface area contributed by atoms with Gasteiger partial charge in [-0.25, -0.2) is 0 Å². The highest BCUT2D eigenvalue weighted by atomic mass is 16.5. The average Bonchev–Trinajstić information content (AvgIpc) is 3.35. The molecule has 7 nitrogen and oxygen atoms in total. The van der Waals surface area contributed by atoms with Crippen LogP contribution in [-0.4, -0.2) is 51.7 Å². The summed E-state index contributed by atoms with van der Waals surface area (Å²) in [6, 6.07) is 9.85. The molecule has 3 heterocycles. The summed E-state index contributed by atoms with van der Waals surface area (Å²) in [6.45, 7) is 3.29. The predicted molar refractivity (Wildman–Crippen MR) is 90.9 cm³/mol. The fourth-order valence-corrected chi connectivity index (χ4v) is 3.81. The molecule has 25 heavy (non-hydrogen) atoms. The van der Waals surface area contributed by atoms with Crippen molar-refractivity contribution in [2.75, 3.05) is 24.5 Å². The van der Waals surface area contributed by atoms with Crippen molar-refractivity contribution in [1.29, 1.82) is 0 Å². The Labute approximate surface area is 146 Å². The Kier molecular flexibility index (Phi) is 3.95. The summed E-state index contributed by atoms with van der Waals surface area (Å²) >= 11 is 0. The first-order valence-corrected chi connectivity index (χ1v) is 8.70. The van der Waals surface area contributed by atoms with E-state index in [1.807, 2.05) is 30.3 Å². The van der Waals surface area contributed by atoms with Gasteiger partial charge in [0, 0.05) is 25.2 Å². The van der Waals surface area contributed by atoms with E-state index in [9.17, 15) is 9.90 Å². The highest BCUT2D eigenvalue weighted by molar-refractivity contribution is 5.86. The quantitative estimate of drug-likeness (QED) is 0.909. The molecule has 2 aromatic rings. The number of carbonyl (C=O) groups is 1. The van der Waals surface area contributed by atoms with Crippen molar-refractivity contribution in [2.24, 2.45) is 0 Å². The molecule has 2 fully saturated rings. The fraction of sp³-hybridized carbons (Fsp3) is 0.500. The molecule has 132 valence electrons. The molecule has 7 heteroatoms. The largest absolute Gasteiger partial charge is 0.378 e. The molecular weight excluding hydrogens is 320 g/mol. The summed E-state index contributed by atoms with van der Waals surface area (Å²) < 4.78 is 5.14. The highest BCUT2D eigenvalue weighted by Crippen LogP contribution is 2.33. The summed E-state index contributed by atoms with van der Waals surface area (Å²) in [5, 5.41) is 14.6. The van der Waals surface area contributed by atoms with Crippen LogP contribution in [0.25, 0.3) is 0 Å². The number of rotatable bonds is 3. The van der Waals surface area contributed by atoms with Crippen molar-refractivity contribution in [2.45, 2.75) is 37.8 Å². The van der Waals surface area contributed by atoms with Crippen molar-refractivity contribution < 1.29 is 14.4 Å². The van der Waals surface area contributed by atoms with Crippen LogP contribution in [0.3, 0.4) is 0 Å². The van der Waals surface area contributed by atoms with Crippen LogP contribution in [0.2, 0.25) is 0 Å². The van der Waals surface area contributed by atoms with E-state index < -0.39 is 5.60 Å². The van der Waals surface area contributed by atoms with Crippen molar-refractivity contribution in [3.63, 3.8) is 0 Å². The average molecular weight is 342 g/mol. The Morgan fingerprint density at radius 2 is 2.12 bits per heavy atom. The number of nitrogens with zero attached hydrogens (tertiary/aromatic N) is 4. The minimum absolute atomic E-state index is 0.0634. The summed E-state index contributed by atoms with van der Waals surface area (Å²) in [5.74, 6) is 0.749. The van der Waals surface area contributed by atoms with Crippen LogP contribution in [-0.2, 0) is 10.4 Å². The van der Waals surface area contributed by atoms with E-state index in [4.69, 9.17) is 4.52 Å². The molecule has 0 spiro atoms. The van der Waals surface area contributed by atoms with Gasteiger partial charge in [-0.1, -0.05) is 23.4 Å². The van der Waals surface area contributed by atoms with E-state index in [1.54, 1.807) is 11.8 Å². The van der Waals surface area contributed by atoms with Crippen LogP contribution in [0.1, 0.15) is 31.0 Å². The number of β-amino-alcohol motifs (C(OH)–C–C–N with tert-alkyl or cyclic N) is 1. The van der Waals surface area contributed by atoms with Gasteiger partial charge in [-0.3, -0.25) is 4.79 Å². The normalized spacial score (nSPS) is 26.4. The number of para-hydroxylation sites is 1. The number of hydrogen-bond acceptors (Lipinski definition) is 6. The number of likely N-dealkylation sites (tertiary alicyclic amines) is 1. The van der Waals surface area contributed by atoms with Gasteiger partial charge in [0.1, 0.15) is 6.04 Å². The SMILES string of the molecule is Cc1noc([C@@]2(O)CCN(C(=O)[C@@H]3CCCN3c3ccccc3)C2)n1. The van der Waals surface area contributed by atoms with Crippen LogP contribution in [0.5, 0.6) is 0 Å². The second kappa shape index (κ2) is 6.15. The monoisotopic (exact) mass is 342 g/mol. The Morgan fingerprint density at radius 3 is 2.84 bits per heavy atom. The maximum Gasteiger partial charge on any atom is 0.260 e. The molecule has 0 saturated carbocycles. The van der Waals surface area contributed by atoms with Gasteiger partial charge in [0.25, 0.3) is 5.89 Å². The smallest absolute Gasteiger partial charge is 0.260 e. The molecule has 1 aromatic carbocycles. The van der Waals surface area contributed by atoms with E-state index in [1.165, 1.54) is 0 Å². The summed E-state index contributed by atoms with van der Waals surface area (Å²) in [5.41, 5.74) is -0.173. The first-order chi connectivity index (χ1) is 12.1. The summed E-state index contributed by atoms with van der Waals surface area (Å²) in [4.78, 5) is 21.1. The molecule has 4 rings (SSSR count). The Balaban J connectivity index is 1.50. The number of carbonyl (C=O) groups excluding carboxylic acids is 1. The zero-order valence-electron chi connectivity index (χ0n) is 14.3. The standard InChI is InChI=1S/C18H22N4O3/c1-13-19-17(25-20-13)18(24)9-11-21(12-18)16(23)15-8-5-10-22(15)14-6-3-2-4-7-14/h2-4,6-7,15,24H,5,8-12H2,1H3/t15-,18+/m0/s1. The van der Waals surface area contributed by atoms with Crippen LogP contribution < -0.4 is 4.90 Å². The van der Waals surface area contributed by atoms with Crippen molar-refractivity contribution in [1.82, 2.24) is 15.0 Å². The lowest BCUT2D eigenvalue weighted by atomic mass is 10.0. The van der Waals surface area contributed by atoms with Crippen molar-refractivity contribution >= 4 is 11.6 Å². The zero-order valence-corrected chi connectivity index (χ0v) is 14.3. The summed E-state index contributed by atoms with van der Waals surface area (Å²) in [7, 11) is 0. The number of aromatic nitrogens is 2. The van der Waals surface area contributed by atoms with Gasteiger partial charge in [0.05, 0.1) is 6.54 Å². The molecule has 1 amide bonds. The molecule has 2 aliphatic heterocycles. The molecule has 0 bridgehead atoms. The fourth-order valence-electron chi connectivity index (χ4n) is 3.81. The lowest BCUT2D eigenvalue weighted by molar-refractivity contribution is -0.132. The van der Waals surface area contributed by atoms with E-state index in [0.717, 1.165) is 25.1 Å². The number of amides is 1. The zero-order chi connectivity index (χ0) is 17.4. The Morgan fingerprint density at radius 1 is 1.32 bits per heavy atom. The van der Waals surface area contributed by atoms with Gasteiger partial charge < -0.3 is 19.4 Å². The van der Waals surface area contributed by atoms with Crippen molar-refractivity contribution in [3.05, 3.63) is 42.0 Å². The summed E-state index contributed by atoms with van der Waals surface area (Å²) in [6.07, 6.45) is 2.24. The minimum Gasteiger partial charge on any atom is -0.378 e. The first-order valence-electron chi connectivity index (χ1n) is 8.70. The number of aryl methyl sites for hydroxylation is 1. The maximum absolute atomic E-state index is 13.1. The Hall–Kier alpha value is -2.41. The molecule has 0 unspecified atom stereocenters. The van der Waals surface area contributed by atoms with Crippen LogP contribution in [0, 0.1) is 6.92 Å². The Bertz CT molecular complexity index is 763. The predicted octanol–water partition coefficient (Wildman–Crippen LogP) is 1.47. The molecule has 2 saturated heterocycles. The topological polar surface area (TPSA) is 82.7 Å². The molecule has 2 aliphatic rings. The molecule has 1 aromatic heterocycles. The number of hydrogen-bond donors (Lipinski definition) is 1. The molecule has 2 atom stereocenters. The number of anilines is 1. The number of benzene rings is 1. The maximum atomic E-state index is 13.1. The third kappa shape index (κ3) is 2.89. The second-order valence-corrected chi connectivity index (χ2v) is 6.88. The van der Waals surface area contributed by atoms with Crippen LogP contribution in [0.15, 0.2) is 34.9 Å². The first kappa shape index (κ1) is 16.1. The highest BCUT2D eigenvalue weighted by Gasteiger charge is 2.46. The third-order valence-electron chi connectivity index (χ3n) is 5.11. The van der Waals surface area contributed by atoms with Gasteiger partial charge >= 0.3 is 0 Å². The van der Waals surface area contributed by atoms with E-state index >= 15 is 0 Å². The minimum atomic E-state index is -1.24. The molecule has 0 radical (unpaired) electrons. The molecular formula is C18H22N4O3. The lowest BCUT2D eigenvalue weighted by Crippen LogP contribution is -2.46. The second-order valence-electron chi connectivity index (χ2n) is 6.88. The molecule has 0 aliphatic carbocycles. The molecule has 1 N–H and O–H groups in total. The third-order valence-corrected chi connectivity index (χ3v) is 5.11. The van der Waals surface area contributed by atoms with Gasteiger partial charge in [0.2, 0.25) is 5.91 Å². The van der Waals surface area contributed by atoms with Gasteiger partial charge in [-0.05, 0) is 31.9 Å². The van der Waals surface area contributed by atoms with Crippen LogP contribution >= 0.6 is 0 Å². The van der Waals surface area contributed by atoms with E-state index in [2.05, 4.69) is 15.0 Å². The van der Waals surface area contributed by atoms with Crippen LogP contribution in [0.4, 0.5) is 5.69 Å². The van der Waals surface area contributed by atoms with Crippen molar-refractivity contribution in [3.8, 4) is 0 Å².